The molecular weight excluding hydrogens is 302 g/mol. The second kappa shape index (κ2) is 7.25. The van der Waals surface area contributed by atoms with Crippen LogP contribution in [0.5, 0.6) is 5.75 Å². The zero-order valence-corrected chi connectivity index (χ0v) is 14.2. The Hall–Kier alpha value is -2.69. The van der Waals surface area contributed by atoms with Gasteiger partial charge in [-0.05, 0) is 42.8 Å². The van der Waals surface area contributed by atoms with Crippen molar-refractivity contribution in [1.29, 1.82) is 0 Å². The first-order valence-electron chi connectivity index (χ1n) is 8.18. The van der Waals surface area contributed by atoms with E-state index in [1.54, 1.807) is 7.11 Å². The number of amides is 2. The van der Waals surface area contributed by atoms with Crippen LogP contribution in [0.4, 0.5) is 16.2 Å². The minimum absolute atomic E-state index is 0.0454. The van der Waals surface area contributed by atoms with Crippen LogP contribution in [0.15, 0.2) is 48.5 Å². The maximum atomic E-state index is 12.5. The summed E-state index contributed by atoms with van der Waals surface area (Å²) < 4.78 is 5.20. The van der Waals surface area contributed by atoms with Crippen molar-refractivity contribution in [3.63, 3.8) is 0 Å². The first-order valence-corrected chi connectivity index (χ1v) is 8.18. The lowest BCUT2D eigenvalue weighted by molar-refractivity contribution is 0.208. The van der Waals surface area contributed by atoms with Gasteiger partial charge in [-0.1, -0.05) is 18.2 Å². The number of nitrogens with zero attached hydrogens (tertiary/aromatic N) is 2. The molecule has 0 bridgehead atoms. The van der Waals surface area contributed by atoms with Crippen molar-refractivity contribution in [3.8, 4) is 5.75 Å². The summed E-state index contributed by atoms with van der Waals surface area (Å²) in [6.45, 7) is 5.09. The number of hydrogen-bond acceptors (Lipinski definition) is 3. The smallest absolute Gasteiger partial charge is 0.321 e. The molecular formula is C19H23N3O2. The summed E-state index contributed by atoms with van der Waals surface area (Å²) >= 11 is 0. The fraction of sp³-hybridized carbons (Fsp3) is 0.316. The Kier molecular flexibility index (Phi) is 4.89. The van der Waals surface area contributed by atoms with Crippen molar-refractivity contribution in [2.24, 2.45) is 0 Å². The third-order valence-electron chi connectivity index (χ3n) is 4.36. The Bertz CT molecular complexity index is 695. The molecule has 0 unspecified atom stereocenters. The van der Waals surface area contributed by atoms with Crippen molar-refractivity contribution >= 4 is 17.4 Å². The van der Waals surface area contributed by atoms with E-state index in [-0.39, 0.29) is 6.03 Å². The van der Waals surface area contributed by atoms with Gasteiger partial charge in [0.2, 0.25) is 0 Å². The molecule has 1 aliphatic heterocycles. The van der Waals surface area contributed by atoms with Gasteiger partial charge in [-0.2, -0.15) is 0 Å². The molecule has 1 N–H and O–H groups in total. The fourth-order valence-electron chi connectivity index (χ4n) is 2.90. The minimum Gasteiger partial charge on any atom is -0.497 e. The Morgan fingerprint density at radius 1 is 1.04 bits per heavy atom. The molecule has 126 valence electrons. The van der Waals surface area contributed by atoms with Crippen molar-refractivity contribution in [2.75, 3.05) is 43.5 Å². The van der Waals surface area contributed by atoms with Crippen LogP contribution in [0.3, 0.4) is 0 Å². The van der Waals surface area contributed by atoms with E-state index in [1.807, 2.05) is 48.2 Å². The maximum Gasteiger partial charge on any atom is 0.321 e. The summed E-state index contributed by atoms with van der Waals surface area (Å²) in [6.07, 6.45) is 0. The molecule has 24 heavy (non-hydrogen) atoms. The number of piperazine rings is 1. The number of para-hydroxylation sites is 1. The van der Waals surface area contributed by atoms with Crippen molar-refractivity contribution < 1.29 is 9.53 Å². The topological polar surface area (TPSA) is 44.8 Å². The van der Waals surface area contributed by atoms with Crippen LogP contribution in [0.25, 0.3) is 0 Å². The average molecular weight is 325 g/mol. The van der Waals surface area contributed by atoms with E-state index in [0.717, 1.165) is 43.2 Å². The van der Waals surface area contributed by atoms with Gasteiger partial charge < -0.3 is 19.9 Å². The number of aryl methyl sites for hydroxylation is 1. The number of carbonyl (C=O) groups is 1. The summed E-state index contributed by atoms with van der Waals surface area (Å²) in [5, 5.41) is 3.00. The van der Waals surface area contributed by atoms with E-state index >= 15 is 0 Å². The molecule has 3 rings (SSSR count). The van der Waals surface area contributed by atoms with E-state index in [4.69, 9.17) is 4.74 Å². The largest absolute Gasteiger partial charge is 0.497 e. The lowest BCUT2D eigenvalue weighted by Crippen LogP contribution is -2.50. The molecule has 5 heteroatoms. The van der Waals surface area contributed by atoms with Crippen LogP contribution in [0, 0.1) is 6.92 Å². The maximum absolute atomic E-state index is 12.5. The molecule has 2 aromatic rings. The van der Waals surface area contributed by atoms with Gasteiger partial charge in [0.15, 0.2) is 0 Å². The highest BCUT2D eigenvalue weighted by Crippen LogP contribution is 2.22. The van der Waals surface area contributed by atoms with Crippen molar-refractivity contribution in [2.45, 2.75) is 6.92 Å². The molecule has 2 aromatic carbocycles. The third-order valence-corrected chi connectivity index (χ3v) is 4.36. The molecule has 2 amide bonds. The number of benzene rings is 2. The van der Waals surface area contributed by atoms with E-state index < -0.39 is 0 Å². The molecule has 5 nitrogen and oxygen atoms in total. The van der Waals surface area contributed by atoms with Crippen LogP contribution >= 0.6 is 0 Å². The Labute approximate surface area is 142 Å². The van der Waals surface area contributed by atoms with E-state index in [9.17, 15) is 4.79 Å². The Morgan fingerprint density at radius 3 is 2.38 bits per heavy atom. The number of hydrogen-bond donors (Lipinski definition) is 1. The van der Waals surface area contributed by atoms with Crippen LogP contribution in [0.1, 0.15) is 5.56 Å². The SMILES string of the molecule is COc1ccc(NC(=O)N2CCN(c3ccccc3)CC2)c(C)c1. The molecule has 1 aliphatic rings. The number of methoxy groups -OCH3 is 1. The molecule has 0 aliphatic carbocycles. The molecule has 0 aromatic heterocycles. The molecule has 0 saturated carbocycles. The lowest BCUT2D eigenvalue weighted by atomic mass is 10.2. The zero-order chi connectivity index (χ0) is 16.9. The number of nitrogens with one attached hydrogen (secondary N) is 1. The second-order valence-electron chi connectivity index (χ2n) is 5.92. The first kappa shape index (κ1) is 16.2. The zero-order valence-electron chi connectivity index (χ0n) is 14.2. The minimum atomic E-state index is -0.0454. The molecule has 0 atom stereocenters. The number of urea groups is 1. The number of carbonyl (C=O) groups excluding carboxylic acids is 1. The predicted octanol–water partition coefficient (Wildman–Crippen LogP) is 3.36. The normalized spacial score (nSPS) is 14.4. The highest BCUT2D eigenvalue weighted by Gasteiger charge is 2.21. The molecule has 0 spiro atoms. The highest BCUT2D eigenvalue weighted by molar-refractivity contribution is 5.90. The van der Waals surface area contributed by atoms with Gasteiger partial charge in [0, 0.05) is 37.6 Å². The van der Waals surface area contributed by atoms with Crippen molar-refractivity contribution in [1.82, 2.24) is 4.90 Å². The Morgan fingerprint density at radius 2 is 1.75 bits per heavy atom. The summed E-state index contributed by atoms with van der Waals surface area (Å²) in [6, 6.07) is 15.9. The van der Waals surface area contributed by atoms with Gasteiger partial charge in [-0.25, -0.2) is 4.79 Å². The number of anilines is 2. The van der Waals surface area contributed by atoms with Gasteiger partial charge in [0.25, 0.3) is 0 Å². The quantitative estimate of drug-likeness (QED) is 0.941. The number of rotatable bonds is 3. The summed E-state index contributed by atoms with van der Waals surface area (Å²) in [5.41, 5.74) is 3.03. The van der Waals surface area contributed by atoms with Gasteiger partial charge >= 0.3 is 6.03 Å². The standard InChI is InChI=1S/C19H23N3O2/c1-15-14-17(24-2)8-9-18(15)20-19(23)22-12-10-21(11-13-22)16-6-4-3-5-7-16/h3-9,14H,10-13H2,1-2H3,(H,20,23). The summed E-state index contributed by atoms with van der Waals surface area (Å²) in [7, 11) is 1.64. The van der Waals surface area contributed by atoms with Gasteiger partial charge in [-0.3, -0.25) is 0 Å². The summed E-state index contributed by atoms with van der Waals surface area (Å²) in [5.74, 6) is 0.793. The summed E-state index contributed by atoms with van der Waals surface area (Å²) in [4.78, 5) is 16.7. The highest BCUT2D eigenvalue weighted by atomic mass is 16.5. The van der Waals surface area contributed by atoms with Crippen LogP contribution < -0.4 is 15.0 Å². The molecule has 1 heterocycles. The first-order chi connectivity index (χ1) is 11.7. The van der Waals surface area contributed by atoms with E-state index in [0.29, 0.717) is 0 Å². The van der Waals surface area contributed by atoms with Crippen LogP contribution in [-0.2, 0) is 0 Å². The fourth-order valence-corrected chi connectivity index (χ4v) is 2.90. The van der Waals surface area contributed by atoms with Gasteiger partial charge in [0.1, 0.15) is 5.75 Å². The van der Waals surface area contributed by atoms with E-state index in [1.165, 1.54) is 5.69 Å². The predicted molar refractivity (Wildman–Crippen MR) is 97.0 cm³/mol. The van der Waals surface area contributed by atoms with Crippen LogP contribution in [-0.4, -0.2) is 44.2 Å². The second-order valence-corrected chi connectivity index (χ2v) is 5.92. The van der Waals surface area contributed by atoms with Crippen molar-refractivity contribution in [3.05, 3.63) is 54.1 Å². The third kappa shape index (κ3) is 3.62. The van der Waals surface area contributed by atoms with Gasteiger partial charge in [-0.15, -0.1) is 0 Å². The molecule has 1 saturated heterocycles. The van der Waals surface area contributed by atoms with Gasteiger partial charge in [0.05, 0.1) is 7.11 Å². The lowest BCUT2D eigenvalue weighted by Gasteiger charge is -2.36. The average Bonchev–Trinajstić information content (AvgIpc) is 2.64. The molecule has 1 fully saturated rings. The van der Waals surface area contributed by atoms with Crippen LogP contribution in [0.2, 0.25) is 0 Å². The molecule has 0 radical (unpaired) electrons. The number of ether oxygens (including phenoxy) is 1. The Balaban J connectivity index is 1.57. The van der Waals surface area contributed by atoms with E-state index in [2.05, 4.69) is 22.3 Å². The monoisotopic (exact) mass is 325 g/mol.